The molecule has 0 aliphatic heterocycles. The molecule has 21 aromatic rings. The summed E-state index contributed by atoms with van der Waals surface area (Å²) in [4.78, 5) is 4.78. The Labute approximate surface area is 661 Å². The van der Waals surface area contributed by atoms with Crippen LogP contribution in [0.5, 0.6) is 0 Å². The third kappa shape index (κ3) is 12.3. The van der Waals surface area contributed by atoms with Gasteiger partial charge in [0, 0.05) is 66.2 Å². The Morgan fingerprint density at radius 3 is 0.921 bits per heavy atom. The van der Waals surface area contributed by atoms with Gasteiger partial charge in [-0.2, -0.15) is 0 Å². The fourth-order valence-electron chi connectivity index (χ4n) is 17.0. The first kappa shape index (κ1) is 67.0. The Hall–Kier alpha value is -15.1. The molecule has 4 nitrogen and oxygen atoms in total. The maximum atomic E-state index is 6.88. The summed E-state index contributed by atoms with van der Waals surface area (Å²) in [7, 11) is 0. The Morgan fingerprint density at radius 1 is 0.149 bits per heavy atom. The van der Waals surface area contributed by atoms with Crippen LogP contribution in [0.1, 0.15) is 0 Å². The van der Waals surface area contributed by atoms with Gasteiger partial charge >= 0.3 is 0 Å². The van der Waals surface area contributed by atoms with Crippen molar-refractivity contribution in [2.24, 2.45) is 0 Å². The van der Waals surface area contributed by atoms with Gasteiger partial charge in [0.15, 0.2) is 0 Å². The number of benzene rings is 19. The second kappa shape index (κ2) is 28.7. The van der Waals surface area contributed by atoms with Crippen molar-refractivity contribution in [1.82, 2.24) is 0 Å². The van der Waals surface area contributed by atoms with Crippen LogP contribution in [0.15, 0.2) is 446 Å². The van der Waals surface area contributed by atoms with Crippen LogP contribution >= 0.6 is 0 Å². The van der Waals surface area contributed by atoms with Gasteiger partial charge in [-0.25, -0.2) is 0 Å². The SMILES string of the molecule is c1ccc(-c2ccc(-c3ccc(N(c4ccc(-c5ccc(-c6ccc(-c7ccc(-c8ccc(-c9ccc(N(c%10ccc(-c%11ccc(-c%12cccc%13c%12oc%12ccccc%12%13)cc%11)cc%10)c%10cccc%11ccccc%10%11)cc9)cc8)cc7)c7c6oc6ccccc67)cc5)cc4)c4ccc(-c5ccccc5)c5ccccc45)cc3)cc2)cc1. The van der Waals surface area contributed by atoms with Gasteiger partial charge in [0.2, 0.25) is 0 Å². The molecule has 0 saturated heterocycles. The van der Waals surface area contributed by atoms with E-state index in [2.05, 4.69) is 434 Å². The maximum Gasteiger partial charge on any atom is 0.143 e. The smallest absolute Gasteiger partial charge is 0.143 e. The summed E-state index contributed by atoms with van der Waals surface area (Å²) in [6.07, 6.45) is 0. The number of anilines is 6. The molecule has 0 unspecified atom stereocenters. The zero-order chi connectivity index (χ0) is 75.4. The number of rotatable bonds is 16. The largest absolute Gasteiger partial charge is 0.455 e. The van der Waals surface area contributed by atoms with Crippen LogP contribution in [0.4, 0.5) is 34.1 Å². The van der Waals surface area contributed by atoms with E-state index in [-0.39, 0.29) is 0 Å². The summed E-state index contributed by atoms with van der Waals surface area (Å²) in [5.74, 6) is 0. The van der Waals surface area contributed by atoms with Crippen molar-refractivity contribution in [2.75, 3.05) is 9.80 Å². The first-order valence-electron chi connectivity index (χ1n) is 39.0. The number of hydrogen-bond donors (Lipinski definition) is 0. The van der Waals surface area contributed by atoms with E-state index in [1.165, 1.54) is 54.9 Å². The van der Waals surface area contributed by atoms with Gasteiger partial charge in [0.1, 0.15) is 22.3 Å². The summed E-state index contributed by atoms with van der Waals surface area (Å²) >= 11 is 0. The van der Waals surface area contributed by atoms with Gasteiger partial charge in [-0.3, -0.25) is 0 Å². The topological polar surface area (TPSA) is 32.8 Å². The van der Waals surface area contributed by atoms with Gasteiger partial charge in [-0.05, 0) is 190 Å². The Bertz CT molecular complexity index is 7110. The molecule has 0 atom stereocenters. The molecule has 0 radical (unpaired) electrons. The van der Waals surface area contributed by atoms with Gasteiger partial charge in [-0.15, -0.1) is 0 Å². The monoisotopic (exact) mass is 1450 g/mol. The van der Waals surface area contributed by atoms with Crippen molar-refractivity contribution < 1.29 is 8.83 Å². The quantitative estimate of drug-likeness (QED) is 0.0965. The van der Waals surface area contributed by atoms with E-state index in [0.717, 1.165) is 156 Å². The van der Waals surface area contributed by atoms with Gasteiger partial charge in [0.25, 0.3) is 0 Å². The van der Waals surface area contributed by atoms with E-state index in [1.54, 1.807) is 0 Å². The average molecular weight is 1450 g/mol. The summed E-state index contributed by atoms with van der Waals surface area (Å²) in [6.45, 7) is 0. The lowest BCUT2D eigenvalue weighted by atomic mass is 9.93. The molecule has 0 spiro atoms. The van der Waals surface area contributed by atoms with E-state index in [0.29, 0.717) is 0 Å². The predicted molar refractivity (Wildman–Crippen MR) is 480 cm³/mol. The van der Waals surface area contributed by atoms with Crippen LogP contribution in [-0.4, -0.2) is 0 Å². The molecule has 2 heterocycles. The van der Waals surface area contributed by atoms with E-state index >= 15 is 0 Å². The number of furan rings is 2. The summed E-state index contributed by atoms with van der Waals surface area (Å²) in [5.41, 5.74) is 33.0. The van der Waals surface area contributed by atoms with Gasteiger partial charge in [0.05, 0.1) is 11.4 Å². The highest BCUT2D eigenvalue weighted by Crippen LogP contribution is 2.48. The Kier molecular flexibility index (Phi) is 16.9. The molecule has 21 rings (SSSR count). The van der Waals surface area contributed by atoms with E-state index in [9.17, 15) is 0 Å². The van der Waals surface area contributed by atoms with Crippen molar-refractivity contribution in [2.45, 2.75) is 0 Å². The molecule has 0 amide bonds. The molecule has 534 valence electrons. The normalized spacial score (nSPS) is 11.5. The first-order chi connectivity index (χ1) is 56.5. The number of para-hydroxylation sites is 3. The zero-order valence-corrected chi connectivity index (χ0v) is 62.3. The molecular weight excluding hydrogens is 1380 g/mol. The third-order valence-electron chi connectivity index (χ3n) is 22.8. The number of nitrogens with zero attached hydrogens (tertiary/aromatic N) is 2. The van der Waals surface area contributed by atoms with E-state index in [1.807, 2.05) is 12.1 Å². The maximum absolute atomic E-state index is 6.88. The molecule has 0 N–H and O–H groups in total. The second-order valence-corrected chi connectivity index (χ2v) is 29.4. The van der Waals surface area contributed by atoms with Crippen LogP contribution in [0.3, 0.4) is 0 Å². The molecule has 0 saturated carbocycles. The summed E-state index contributed by atoms with van der Waals surface area (Å²) < 4.78 is 13.3. The summed E-state index contributed by atoms with van der Waals surface area (Å²) in [5, 5.41) is 9.23. The van der Waals surface area contributed by atoms with Gasteiger partial charge < -0.3 is 18.6 Å². The van der Waals surface area contributed by atoms with Crippen LogP contribution in [0, 0.1) is 0 Å². The van der Waals surface area contributed by atoms with Crippen LogP contribution in [-0.2, 0) is 0 Å². The van der Waals surface area contributed by atoms with Crippen molar-refractivity contribution in [3.05, 3.63) is 437 Å². The summed E-state index contributed by atoms with van der Waals surface area (Å²) in [6, 6.07) is 158. The molecular formula is C110H72N2O2. The standard InChI is InChI=1S/C110H72N2O2/c1-3-17-73(18-4-1)74-33-35-76(36-34-74)82-57-65-92(66-58-82)112(105-72-71-94(85-19-5-2-6-20-85)99-24-9-10-25-100(99)105)93-67-59-84(60-68-93)80-45-51-89(52-46-80)98-70-69-96(108-103-27-12-14-32-107(103)114-110(98)108)87-47-41-78(42-48-87)75-37-39-77(40-38-75)81-53-61-90(62-54-81)111(104-30-15-22-86-21-7-8-23-95(86)104)91-63-55-83(56-64-91)79-43-49-88(50-44-79)97-28-16-29-102-101-26-11-13-31-106(101)113-109(97)102/h1-72H. The molecule has 0 aliphatic rings. The molecule has 4 heteroatoms. The average Bonchev–Trinajstić information content (AvgIpc) is 1.49. The number of fused-ring (bicyclic) bond motifs is 8. The molecule has 0 bridgehead atoms. The molecule has 0 aliphatic carbocycles. The molecule has 114 heavy (non-hydrogen) atoms. The lowest BCUT2D eigenvalue weighted by Crippen LogP contribution is -2.10. The third-order valence-corrected chi connectivity index (χ3v) is 22.8. The van der Waals surface area contributed by atoms with Crippen LogP contribution < -0.4 is 9.80 Å². The Balaban J connectivity index is 0.533. The highest BCUT2D eigenvalue weighted by atomic mass is 16.3. The minimum absolute atomic E-state index is 0.865. The molecule has 19 aromatic carbocycles. The van der Waals surface area contributed by atoms with Crippen molar-refractivity contribution in [3.63, 3.8) is 0 Å². The van der Waals surface area contributed by atoms with Crippen molar-refractivity contribution >= 4 is 99.5 Å². The molecule has 0 fully saturated rings. The van der Waals surface area contributed by atoms with E-state index in [4.69, 9.17) is 8.83 Å². The molecule has 2 aromatic heterocycles. The predicted octanol–water partition coefficient (Wildman–Crippen LogP) is 31.4. The Morgan fingerprint density at radius 2 is 0.439 bits per heavy atom. The minimum Gasteiger partial charge on any atom is -0.455 e. The lowest BCUT2D eigenvalue weighted by molar-refractivity contribution is 0.669. The van der Waals surface area contributed by atoms with Crippen molar-refractivity contribution in [3.8, 4) is 111 Å². The van der Waals surface area contributed by atoms with Gasteiger partial charge in [-0.1, -0.05) is 358 Å². The van der Waals surface area contributed by atoms with Crippen molar-refractivity contribution in [1.29, 1.82) is 0 Å². The zero-order valence-electron chi connectivity index (χ0n) is 62.3. The fourth-order valence-corrected chi connectivity index (χ4v) is 17.0. The first-order valence-corrected chi connectivity index (χ1v) is 39.0. The fraction of sp³-hybridized carbons (Fsp3) is 0. The lowest BCUT2D eigenvalue weighted by Gasteiger charge is -2.28. The number of hydrogen-bond acceptors (Lipinski definition) is 4. The highest BCUT2D eigenvalue weighted by molar-refractivity contribution is 6.17. The highest BCUT2D eigenvalue weighted by Gasteiger charge is 2.23. The van der Waals surface area contributed by atoms with Crippen LogP contribution in [0.2, 0.25) is 0 Å². The minimum atomic E-state index is 0.865. The van der Waals surface area contributed by atoms with E-state index < -0.39 is 0 Å². The second-order valence-electron chi connectivity index (χ2n) is 29.4. The van der Waals surface area contributed by atoms with Crippen LogP contribution in [0.25, 0.3) is 177 Å².